The highest BCUT2D eigenvalue weighted by Crippen LogP contribution is 2.32. The molecule has 1 fully saturated rings. The van der Waals surface area contributed by atoms with Gasteiger partial charge in [-0.25, -0.2) is 0 Å². The van der Waals surface area contributed by atoms with Crippen LogP contribution >= 0.6 is 24.0 Å². The second kappa shape index (κ2) is 5.14. The Kier molecular flexibility index (Phi) is 4.32. The SMILES string of the molecule is CSCC1(CC(C)C)C(=O)NC(=S)NC1=O. The maximum Gasteiger partial charge on any atom is 0.242 e. The summed E-state index contributed by atoms with van der Waals surface area (Å²) >= 11 is 6.28. The fourth-order valence-electron chi connectivity index (χ4n) is 1.90. The third-order valence-electron chi connectivity index (χ3n) is 2.47. The van der Waals surface area contributed by atoms with Crippen molar-refractivity contribution in [1.82, 2.24) is 10.6 Å². The largest absolute Gasteiger partial charge is 0.302 e. The highest BCUT2D eigenvalue weighted by Gasteiger charge is 2.49. The predicted molar refractivity (Wildman–Crippen MR) is 69.2 cm³/mol. The molecule has 6 heteroatoms. The summed E-state index contributed by atoms with van der Waals surface area (Å²) in [5.74, 6) is 0.203. The molecule has 0 aromatic carbocycles. The van der Waals surface area contributed by atoms with Gasteiger partial charge in [-0.3, -0.25) is 9.59 Å². The fourth-order valence-corrected chi connectivity index (χ4v) is 2.96. The van der Waals surface area contributed by atoms with Crippen LogP contribution in [0.15, 0.2) is 0 Å². The molecule has 0 unspecified atom stereocenters. The van der Waals surface area contributed by atoms with Crippen LogP contribution in [0.4, 0.5) is 0 Å². The number of hydrogen-bond donors (Lipinski definition) is 2. The van der Waals surface area contributed by atoms with E-state index in [9.17, 15) is 9.59 Å². The van der Waals surface area contributed by atoms with Crippen LogP contribution in [0.25, 0.3) is 0 Å². The molecular formula is C10H16N2O2S2. The van der Waals surface area contributed by atoms with Crippen molar-refractivity contribution < 1.29 is 9.59 Å². The Hall–Kier alpha value is -0.620. The predicted octanol–water partition coefficient (Wildman–Crippen LogP) is 0.913. The van der Waals surface area contributed by atoms with Crippen LogP contribution in [-0.4, -0.2) is 28.9 Å². The third kappa shape index (κ3) is 2.55. The van der Waals surface area contributed by atoms with Crippen molar-refractivity contribution in [3.63, 3.8) is 0 Å². The monoisotopic (exact) mass is 260 g/mol. The molecule has 0 bridgehead atoms. The molecule has 2 amide bonds. The molecule has 1 aliphatic heterocycles. The zero-order chi connectivity index (χ0) is 12.3. The second-order valence-electron chi connectivity index (χ2n) is 4.35. The van der Waals surface area contributed by atoms with E-state index in [1.165, 1.54) is 11.8 Å². The van der Waals surface area contributed by atoms with Crippen molar-refractivity contribution in [2.45, 2.75) is 20.3 Å². The first-order chi connectivity index (χ1) is 7.42. The van der Waals surface area contributed by atoms with Gasteiger partial charge in [0, 0.05) is 5.75 Å². The Balaban J connectivity index is 3.01. The van der Waals surface area contributed by atoms with Crippen molar-refractivity contribution in [3.8, 4) is 0 Å². The molecule has 0 aliphatic carbocycles. The maximum absolute atomic E-state index is 12.0. The van der Waals surface area contributed by atoms with Crippen LogP contribution in [0.5, 0.6) is 0 Å². The summed E-state index contributed by atoms with van der Waals surface area (Å²) in [5.41, 5.74) is -0.976. The minimum absolute atomic E-state index is 0.107. The minimum Gasteiger partial charge on any atom is -0.302 e. The van der Waals surface area contributed by atoms with Gasteiger partial charge in [0.25, 0.3) is 0 Å². The Bertz CT molecular complexity index is 309. The Morgan fingerprint density at radius 1 is 1.31 bits per heavy atom. The number of thioether (sulfide) groups is 1. The van der Waals surface area contributed by atoms with Gasteiger partial charge in [-0.05, 0) is 30.8 Å². The zero-order valence-corrected chi connectivity index (χ0v) is 11.3. The van der Waals surface area contributed by atoms with Crippen molar-refractivity contribution in [2.75, 3.05) is 12.0 Å². The molecule has 0 atom stereocenters. The van der Waals surface area contributed by atoms with Gasteiger partial charge in [0.15, 0.2) is 5.11 Å². The van der Waals surface area contributed by atoms with Gasteiger partial charge in [0.05, 0.1) is 0 Å². The number of hydrogen-bond acceptors (Lipinski definition) is 4. The molecule has 1 heterocycles. The number of thiocarbonyl (C=S) groups is 1. The Labute approximate surface area is 105 Å². The molecule has 1 saturated heterocycles. The summed E-state index contributed by atoms with van der Waals surface area (Å²) in [6.07, 6.45) is 2.42. The van der Waals surface area contributed by atoms with Crippen LogP contribution in [0.2, 0.25) is 0 Å². The van der Waals surface area contributed by atoms with E-state index in [1.807, 2.05) is 20.1 Å². The summed E-state index contributed by atoms with van der Waals surface area (Å²) in [6.45, 7) is 3.99. The lowest BCUT2D eigenvalue weighted by Gasteiger charge is -2.35. The van der Waals surface area contributed by atoms with Crippen molar-refractivity contribution >= 4 is 40.9 Å². The highest BCUT2D eigenvalue weighted by molar-refractivity contribution is 7.98. The van der Waals surface area contributed by atoms with Gasteiger partial charge in [-0.2, -0.15) is 11.8 Å². The van der Waals surface area contributed by atoms with Crippen molar-refractivity contribution in [1.29, 1.82) is 0 Å². The average molecular weight is 260 g/mol. The summed E-state index contributed by atoms with van der Waals surface area (Å²) in [5, 5.41) is 5.18. The Morgan fingerprint density at radius 2 is 1.81 bits per heavy atom. The number of carbonyl (C=O) groups excluding carboxylic acids is 2. The summed E-state index contributed by atoms with van der Waals surface area (Å²) in [4.78, 5) is 24.0. The maximum atomic E-state index is 12.0. The van der Waals surface area contributed by atoms with Gasteiger partial charge in [0.2, 0.25) is 11.8 Å². The molecule has 1 rings (SSSR count). The number of rotatable bonds is 4. The van der Waals surface area contributed by atoms with Crippen LogP contribution in [-0.2, 0) is 9.59 Å². The van der Waals surface area contributed by atoms with E-state index in [0.717, 1.165) is 0 Å². The van der Waals surface area contributed by atoms with E-state index in [1.54, 1.807) is 0 Å². The van der Waals surface area contributed by atoms with Crippen LogP contribution in [0, 0.1) is 11.3 Å². The topological polar surface area (TPSA) is 58.2 Å². The molecule has 0 aromatic heterocycles. The lowest BCUT2D eigenvalue weighted by atomic mass is 9.79. The summed E-state index contributed by atoms with van der Waals surface area (Å²) in [7, 11) is 0. The standard InChI is InChI=1S/C10H16N2O2S2/c1-6(2)4-10(5-16-3)7(13)11-9(15)12-8(10)14/h6H,4-5H2,1-3H3,(H2,11,12,13,14,15). The molecule has 2 N–H and O–H groups in total. The van der Waals surface area contributed by atoms with Gasteiger partial charge >= 0.3 is 0 Å². The van der Waals surface area contributed by atoms with E-state index in [0.29, 0.717) is 12.2 Å². The zero-order valence-electron chi connectivity index (χ0n) is 9.62. The molecule has 1 aliphatic rings. The number of amides is 2. The van der Waals surface area contributed by atoms with Crippen LogP contribution in [0.3, 0.4) is 0 Å². The van der Waals surface area contributed by atoms with E-state index < -0.39 is 5.41 Å². The highest BCUT2D eigenvalue weighted by atomic mass is 32.2. The number of nitrogens with one attached hydrogen (secondary N) is 2. The molecule has 90 valence electrons. The van der Waals surface area contributed by atoms with Crippen molar-refractivity contribution in [3.05, 3.63) is 0 Å². The first-order valence-electron chi connectivity index (χ1n) is 5.08. The number of carbonyl (C=O) groups is 2. The van der Waals surface area contributed by atoms with E-state index in [-0.39, 0.29) is 22.8 Å². The quantitative estimate of drug-likeness (QED) is 0.583. The molecule has 0 radical (unpaired) electrons. The van der Waals surface area contributed by atoms with Gasteiger partial charge < -0.3 is 10.6 Å². The van der Waals surface area contributed by atoms with E-state index >= 15 is 0 Å². The fraction of sp³-hybridized carbons (Fsp3) is 0.700. The van der Waals surface area contributed by atoms with Gasteiger partial charge in [-0.1, -0.05) is 13.8 Å². The van der Waals surface area contributed by atoms with E-state index in [2.05, 4.69) is 10.6 Å². The third-order valence-corrected chi connectivity index (χ3v) is 3.46. The first-order valence-corrected chi connectivity index (χ1v) is 6.88. The van der Waals surface area contributed by atoms with E-state index in [4.69, 9.17) is 12.2 Å². The molecule has 16 heavy (non-hydrogen) atoms. The molecular weight excluding hydrogens is 244 g/mol. The minimum atomic E-state index is -0.976. The Morgan fingerprint density at radius 3 is 2.19 bits per heavy atom. The molecule has 0 spiro atoms. The smallest absolute Gasteiger partial charge is 0.242 e. The lowest BCUT2D eigenvalue weighted by molar-refractivity contribution is -0.143. The molecule has 0 saturated carbocycles. The molecule has 4 nitrogen and oxygen atoms in total. The average Bonchev–Trinajstić information content (AvgIpc) is 2.13. The second-order valence-corrected chi connectivity index (χ2v) is 5.62. The van der Waals surface area contributed by atoms with Crippen LogP contribution in [0.1, 0.15) is 20.3 Å². The lowest BCUT2D eigenvalue weighted by Crippen LogP contribution is -2.63. The first kappa shape index (κ1) is 13.4. The van der Waals surface area contributed by atoms with Crippen LogP contribution < -0.4 is 10.6 Å². The normalized spacial score (nSPS) is 19.6. The summed E-state index contributed by atoms with van der Waals surface area (Å²) < 4.78 is 0. The van der Waals surface area contributed by atoms with Crippen molar-refractivity contribution in [2.24, 2.45) is 11.3 Å². The van der Waals surface area contributed by atoms with Gasteiger partial charge in [-0.15, -0.1) is 0 Å². The summed E-state index contributed by atoms with van der Waals surface area (Å²) in [6, 6.07) is 0. The van der Waals surface area contributed by atoms with Gasteiger partial charge in [0.1, 0.15) is 5.41 Å². The molecule has 0 aromatic rings.